The van der Waals surface area contributed by atoms with Gasteiger partial charge in [-0.05, 0) is 36.4 Å². The van der Waals surface area contributed by atoms with Crippen LogP contribution in [-0.4, -0.2) is 15.9 Å². The van der Waals surface area contributed by atoms with Crippen LogP contribution in [0.4, 0.5) is 23.0 Å². The minimum Gasteiger partial charge on any atom is -0.393 e. The first-order chi connectivity index (χ1) is 12.9. The van der Waals surface area contributed by atoms with E-state index in [0.29, 0.717) is 32.1 Å². The van der Waals surface area contributed by atoms with Gasteiger partial charge in [0.15, 0.2) is 11.6 Å². The van der Waals surface area contributed by atoms with E-state index < -0.39 is 5.91 Å². The molecule has 3 rings (SSSR count). The van der Waals surface area contributed by atoms with E-state index in [4.69, 9.17) is 40.5 Å². The molecule has 5 N–H and O–H groups in total. The van der Waals surface area contributed by atoms with E-state index in [-0.39, 0.29) is 11.5 Å². The second kappa shape index (κ2) is 8.30. The minimum absolute atomic E-state index is 0.204. The number of hydrazine groups is 1. The quantitative estimate of drug-likeness (QED) is 0.450. The molecule has 0 radical (unpaired) electrons. The number of aromatic nitrogens is 2. The second-order valence-electron chi connectivity index (χ2n) is 5.33. The number of nitrogen functional groups attached to an aromatic ring is 1. The molecular weight excluding hydrogens is 411 g/mol. The van der Waals surface area contributed by atoms with Crippen molar-refractivity contribution in [2.24, 2.45) is 0 Å². The molecule has 0 fully saturated rings. The lowest BCUT2D eigenvalue weighted by Crippen LogP contribution is -2.30. The van der Waals surface area contributed by atoms with Gasteiger partial charge in [-0.2, -0.15) is 0 Å². The van der Waals surface area contributed by atoms with Gasteiger partial charge in [-0.3, -0.25) is 15.6 Å². The number of carbonyl (C=O) groups is 1. The summed E-state index contributed by atoms with van der Waals surface area (Å²) in [5.74, 6) is 0.167. The Labute approximate surface area is 169 Å². The van der Waals surface area contributed by atoms with E-state index in [9.17, 15) is 4.79 Å². The molecule has 1 amide bonds. The molecule has 0 unspecified atom stereocenters. The van der Waals surface area contributed by atoms with Crippen LogP contribution in [0.3, 0.4) is 0 Å². The van der Waals surface area contributed by atoms with E-state index in [1.807, 2.05) is 0 Å². The molecule has 7 nitrogen and oxygen atoms in total. The summed E-state index contributed by atoms with van der Waals surface area (Å²) in [7, 11) is 0. The number of nitrogens with one attached hydrogen (secondary N) is 3. The van der Waals surface area contributed by atoms with Gasteiger partial charge in [-0.25, -0.2) is 9.97 Å². The lowest BCUT2D eigenvalue weighted by atomic mass is 10.2. The molecule has 0 aliphatic carbocycles. The summed E-state index contributed by atoms with van der Waals surface area (Å²) in [5.41, 5.74) is 12.5. The van der Waals surface area contributed by atoms with Crippen molar-refractivity contribution in [3.05, 3.63) is 69.4 Å². The largest absolute Gasteiger partial charge is 0.393 e. The van der Waals surface area contributed by atoms with Crippen LogP contribution in [-0.2, 0) is 0 Å². The fourth-order valence-electron chi connectivity index (χ4n) is 2.12. The average Bonchev–Trinajstić information content (AvgIpc) is 2.65. The summed E-state index contributed by atoms with van der Waals surface area (Å²) in [6.07, 6.45) is 1.30. The van der Waals surface area contributed by atoms with Crippen LogP contribution >= 0.6 is 34.8 Å². The Bertz CT molecular complexity index is 998. The molecule has 27 heavy (non-hydrogen) atoms. The first kappa shape index (κ1) is 19.0. The molecule has 0 bridgehead atoms. The van der Waals surface area contributed by atoms with E-state index in [0.717, 1.165) is 0 Å². The molecule has 0 atom stereocenters. The van der Waals surface area contributed by atoms with Crippen LogP contribution in [0.25, 0.3) is 0 Å². The molecule has 2 aromatic carbocycles. The number of amides is 1. The predicted molar refractivity (Wildman–Crippen MR) is 109 cm³/mol. The summed E-state index contributed by atoms with van der Waals surface area (Å²) in [5, 5.41) is 4.30. The maximum atomic E-state index is 12.2. The monoisotopic (exact) mass is 422 g/mol. The van der Waals surface area contributed by atoms with Gasteiger partial charge < -0.3 is 11.1 Å². The number of anilines is 4. The Morgan fingerprint density at radius 1 is 0.963 bits per heavy atom. The van der Waals surface area contributed by atoms with Crippen LogP contribution in [0.5, 0.6) is 0 Å². The molecule has 138 valence electrons. The highest BCUT2D eigenvalue weighted by Gasteiger charge is 2.11. The summed E-state index contributed by atoms with van der Waals surface area (Å²) >= 11 is 17.8. The third-order valence-electron chi connectivity index (χ3n) is 3.45. The molecule has 3 aromatic rings. The van der Waals surface area contributed by atoms with Gasteiger partial charge in [-0.15, -0.1) is 0 Å². The molecule has 1 aromatic heterocycles. The molecule has 0 spiro atoms. The Hall–Kier alpha value is -2.74. The molecule has 0 saturated heterocycles. The van der Waals surface area contributed by atoms with E-state index in [2.05, 4.69) is 26.1 Å². The first-order valence-corrected chi connectivity index (χ1v) is 8.72. The van der Waals surface area contributed by atoms with Crippen LogP contribution in [0.1, 0.15) is 10.4 Å². The normalized spacial score (nSPS) is 10.3. The summed E-state index contributed by atoms with van der Waals surface area (Å²) < 4.78 is 0. The van der Waals surface area contributed by atoms with Crippen molar-refractivity contribution in [2.75, 3.05) is 16.5 Å². The molecule has 0 aliphatic rings. The van der Waals surface area contributed by atoms with Crippen molar-refractivity contribution in [2.45, 2.75) is 0 Å². The van der Waals surface area contributed by atoms with Crippen LogP contribution in [0.15, 0.2) is 48.8 Å². The van der Waals surface area contributed by atoms with E-state index >= 15 is 0 Å². The predicted octanol–water partition coefficient (Wildman–Crippen LogP) is 4.52. The third-order valence-corrected chi connectivity index (χ3v) is 4.42. The highest BCUT2D eigenvalue weighted by Crippen LogP contribution is 2.29. The highest BCUT2D eigenvalue weighted by molar-refractivity contribution is 6.42. The average molecular weight is 424 g/mol. The number of hydrogen-bond donors (Lipinski definition) is 4. The fraction of sp³-hybridized carbons (Fsp3) is 0. The standard InChI is InChI=1S/C17H13Cl3N6O/c18-10-3-1-2-9(6-10)17(27)26-25-16-14(21)15(22-8-23-16)24-11-4-5-12(19)13(20)7-11/h1-8H,21H2,(H,26,27)(H2,22,23,24,25). The highest BCUT2D eigenvalue weighted by atomic mass is 35.5. The van der Waals surface area contributed by atoms with Crippen molar-refractivity contribution < 1.29 is 4.79 Å². The topological polar surface area (TPSA) is 105 Å². The van der Waals surface area contributed by atoms with Gasteiger partial charge in [0.2, 0.25) is 0 Å². The lowest BCUT2D eigenvalue weighted by molar-refractivity contribution is 0.0962. The number of hydrogen-bond acceptors (Lipinski definition) is 6. The molecule has 10 heteroatoms. The van der Waals surface area contributed by atoms with Gasteiger partial charge >= 0.3 is 0 Å². The summed E-state index contributed by atoms with van der Waals surface area (Å²) in [6.45, 7) is 0. The maximum Gasteiger partial charge on any atom is 0.269 e. The van der Waals surface area contributed by atoms with E-state index in [1.165, 1.54) is 6.33 Å². The minimum atomic E-state index is -0.394. The Kier molecular flexibility index (Phi) is 5.85. The van der Waals surface area contributed by atoms with Gasteiger partial charge in [0.05, 0.1) is 10.0 Å². The second-order valence-corrected chi connectivity index (χ2v) is 6.58. The van der Waals surface area contributed by atoms with Crippen molar-refractivity contribution in [1.82, 2.24) is 15.4 Å². The zero-order valence-corrected chi connectivity index (χ0v) is 15.9. The van der Waals surface area contributed by atoms with Crippen molar-refractivity contribution >= 4 is 63.7 Å². The number of benzene rings is 2. The van der Waals surface area contributed by atoms with Gasteiger partial charge in [0.25, 0.3) is 5.91 Å². The fourth-order valence-corrected chi connectivity index (χ4v) is 2.61. The molecule has 0 aliphatic heterocycles. The summed E-state index contributed by atoms with van der Waals surface area (Å²) in [4.78, 5) is 20.3. The number of nitrogens with zero attached hydrogens (tertiary/aromatic N) is 2. The SMILES string of the molecule is Nc1c(NNC(=O)c2cccc(Cl)c2)ncnc1Nc1ccc(Cl)c(Cl)c1. The van der Waals surface area contributed by atoms with Crippen molar-refractivity contribution in [3.8, 4) is 0 Å². The number of halogens is 3. The Morgan fingerprint density at radius 2 is 1.74 bits per heavy atom. The van der Waals surface area contributed by atoms with Crippen LogP contribution < -0.4 is 21.9 Å². The molecule has 0 saturated carbocycles. The zero-order chi connectivity index (χ0) is 19.4. The van der Waals surface area contributed by atoms with Crippen molar-refractivity contribution in [3.63, 3.8) is 0 Å². The van der Waals surface area contributed by atoms with Gasteiger partial charge in [0, 0.05) is 16.3 Å². The summed E-state index contributed by atoms with van der Waals surface area (Å²) in [6, 6.07) is 11.5. The smallest absolute Gasteiger partial charge is 0.269 e. The van der Waals surface area contributed by atoms with Gasteiger partial charge in [0.1, 0.15) is 12.0 Å². The third kappa shape index (κ3) is 4.71. The number of nitrogens with two attached hydrogens (primary N) is 1. The molecule has 1 heterocycles. The Balaban J connectivity index is 1.72. The van der Waals surface area contributed by atoms with Crippen LogP contribution in [0.2, 0.25) is 15.1 Å². The number of carbonyl (C=O) groups excluding carboxylic acids is 1. The maximum absolute atomic E-state index is 12.2. The zero-order valence-electron chi connectivity index (χ0n) is 13.6. The van der Waals surface area contributed by atoms with Crippen molar-refractivity contribution in [1.29, 1.82) is 0 Å². The molecular formula is C17H13Cl3N6O. The number of rotatable bonds is 5. The Morgan fingerprint density at radius 3 is 2.48 bits per heavy atom. The lowest BCUT2D eigenvalue weighted by Gasteiger charge is -2.13. The van der Waals surface area contributed by atoms with Crippen LogP contribution in [0, 0.1) is 0 Å². The van der Waals surface area contributed by atoms with Gasteiger partial charge in [-0.1, -0.05) is 40.9 Å². The van der Waals surface area contributed by atoms with E-state index in [1.54, 1.807) is 42.5 Å². The first-order valence-electron chi connectivity index (χ1n) is 7.58.